The molecule has 0 atom stereocenters. The largest absolute Gasteiger partial charge is 0.310 e. The molecule has 0 spiro atoms. The van der Waals surface area contributed by atoms with Crippen LogP contribution in [0, 0.1) is 0 Å². The predicted molar refractivity (Wildman–Crippen MR) is 192 cm³/mol. The Morgan fingerprint density at radius 2 is 1.00 bits per heavy atom. The highest BCUT2D eigenvalue weighted by Crippen LogP contribution is 2.46. The molecule has 0 saturated heterocycles. The van der Waals surface area contributed by atoms with Crippen molar-refractivity contribution in [3.63, 3.8) is 0 Å². The number of fused-ring (bicyclic) bond motifs is 8. The van der Waals surface area contributed by atoms with E-state index in [4.69, 9.17) is 0 Å². The minimum atomic E-state index is 1.14. The number of benzene rings is 8. The molecule has 8 aromatic carbocycles. The topological polar surface area (TPSA) is 3.24 Å². The van der Waals surface area contributed by atoms with Gasteiger partial charge in [-0.05, 0) is 85.9 Å². The molecule has 1 nitrogen and oxygen atoms in total. The van der Waals surface area contributed by atoms with E-state index < -0.39 is 0 Å². The van der Waals surface area contributed by atoms with Crippen molar-refractivity contribution in [1.29, 1.82) is 0 Å². The van der Waals surface area contributed by atoms with Gasteiger partial charge in [0.15, 0.2) is 0 Å². The van der Waals surface area contributed by atoms with Crippen LogP contribution in [0.1, 0.15) is 0 Å². The van der Waals surface area contributed by atoms with Gasteiger partial charge in [-0.2, -0.15) is 0 Å². The minimum Gasteiger partial charge on any atom is -0.310 e. The lowest BCUT2D eigenvalue weighted by Crippen LogP contribution is -2.10. The molecule has 0 bridgehead atoms. The summed E-state index contributed by atoms with van der Waals surface area (Å²) < 4.78 is 2.61. The summed E-state index contributed by atoms with van der Waals surface area (Å²) in [4.78, 5) is 2.43. The van der Waals surface area contributed by atoms with E-state index in [0.29, 0.717) is 0 Å². The molecule has 0 fully saturated rings. The molecule has 2 heteroatoms. The van der Waals surface area contributed by atoms with Gasteiger partial charge in [0.05, 0.1) is 5.69 Å². The summed E-state index contributed by atoms with van der Waals surface area (Å²) in [6, 6.07) is 59.8. The van der Waals surface area contributed by atoms with E-state index in [1.807, 2.05) is 11.3 Å². The van der Waals surface area contributed by atoms with Crippen LogP contribution in [0.3, 0.4) is 0 Å². The van der Waals surface area contributed by atoms with Gasteiger partial charge in [0, 0.05) is 31.5 Å². The molecule has 1 aromatic heterocycles. The van der Waals surface area contributed by atoms with Gasteiger partial charge in [-0.15, -0.1) is 11.3 Å². The molecule has 0 aliphatic carbocycles. The molecule has 0 N–H and O–H groups in total. The van der Waals surface area contributed by atoms with Crippen LogP contribution in [0.4, 0.5) is 17.1 Å². The third-order valence-corrected chi connectivity index (χ3v) is 9.96. The van der Waals surface area contributed by atoms with Crippen molar-refractivity contribution in [1.82, 2.24) is 0 Å². The standard InChI is InChI=1S/C42H27NS/c1-2-9-28(10-3-1)29-21-23-33(24-22-29)43(38-14-8-16-40-42(38)37-13-6-7-15-39(37)44-40)34-25-26-36-32(27-34)20-19-31-18-17-30-11-4-5-12-35(30)41(31)36/h1-27H. The van der Waals surface area contributed by atoms with Crippen LogP contribution < -0.4 is 4.90 Å². The summed E-state index contributed by atoms with van der Waals surface area (Å²) in [5, 5.41) is 10.3. The third kappa shape index (κ3) is 4.00. The maximum Gasteiger partial charge on any atom is 0.0554 e. The summed E-state index contributed by atoms with van der Waals surface area (Å²) in [5.41, 5.74) is 5.91. The first-order valence-electron chi connectivity index (χ1n) is 15.0. The van der Waals surface area contributed by atoms with E-state index in [1.165, 1.54) is 69.3 Å². The van der Waals surface area contributed by atoms with Crippen molar-refractivity contribution in [2.75, 3.05) is 4.90 Å². The van der Waals surface area contributed by atoms with Gasteiger partial charge in [0.25, 0.3) is 0 Å². The van der Waals surface area contributed by atoms with Crippen LogP contribution >= 0.6 is 11.3 Å². The van der Waals surface area contributed by atoms with Gasteiger partial charge in [-0.25, -0.2) is 0 Å². The van der Waals surface area contributed by atoms with Gasteiger partial charge in [0.1, 0.15) is 0 Å². The normalized spacial score (nSPS) is 11.6. The molecule has 1 heterocycles. The molecule has 9 aromatic rings. The van der Waals surface area contributed by atoms with E-state index >= 15 is 0 Å². The van der Waals surface area contributed by atoms with Crippen LogP contribution in [0.2, 0.25) is 0 Å². The fourth-order valence-corrected chi connectivity index (χ4v) is 7.89. The number of thiophene rings is 1. The first-order chi connectivity index (χ1) is 21.8. The quantitative estimate of drug-likeness (QED) is 0.188. The lowest BCUT2D eigenvalue weighted by Gasteiger charge is -2.27. The molecule has 0 aliphatic rings. The monoisotopic (exact) mass is 577 g/mol. The van der Waals surface area contributed by atoms with Crippen LogP contribution in [-0.4, -0.2) is 0 Å². The molecular weight excluding hydrogens is 551 g/mol. The van der Waals surface area contributed by atoms with Crippen molar-refractivity contribution in [3.8, 4) is 11.1 Å². The second-order valence-corrected chi connectivity index (χ2v) is 12.4. The molecular formula is C42H27NS. The Kier molecular flexibility index (Phi) is 5.75. The van der Waals surface area contributed by atoms with Gasteiger partial charge in [0.2, 0.25) is 0 Å². The molecule has 0 amide bonds. The highest BCUT2D eigenvalue weighted by Gasteiger charge is 2.19. The third-order valence-electron chi connectivity index (χ3n) is 8.82. The first-order valence-corrected chi connectivity index (χ1v) is 15.8. The van der Waals surface area contributed by atoms with Crippen molar-refractivity contribution < 1.29 is 0 Å². The zero-order valence-corrected chi connectivity index (χ0v) is 24.8. The van der Waals surface area contributed by atoms with Crippen molar-refractivity contribution in [3.05, 3.63) is 164 Å². The first kappa shape index (κ1) is 25.1. The van der Waals surface area contributed by atoms with E-state index in [2.05, 4.69) is 169 Å². The smallest absolute Gasteiger partial charge is 0.0554 e. The zero-order chi connectivity index (χ0) is 29.0. The van der Waals surface area contributed by atoms with Gasteiger partial charge >= 0.3 is 0 Å². The Bertz CT molecular complexity index is 2490. The molecule has 0 radical (unpaired) electrons. The van der Waals surface area contributed by atoms with E-state index in [-0.39, 0.29) is 0 Å². The molecule has 206 valence electrons. The molecule has 0 saturated carbocycles. The van der Waals surface area contributed by atoms with Crippen LogP contribution in [0.25, 0.3) is 63.6 Å². The summed E-state index contributed by atoms with van der Waals surface area (Å²) >= 11 is 1.86. The highest BCUT2D eigenvalue weighted by atomic mass is 32.1. The molecule has 0 aliphatic heterocycles. The Morgan fingerprint density at radius 1 is 0.364 bits per heavy atom. The van der Waals surface area contributed by atoms with Crippen LogP contribution in [-0.2, 0) is 0 Å². The van der Waals surface area contributed by atoms with E-state index in [1.54, 1.807) is 0 Å². The Morgan fingerprint density at radius 3 is 1.86 bits per heavy atom. The molecule has 9 rings (SSSR count). The van der Waals surface area contributed by atoms with Crippen LogP contribution in [0.15, 0.2) is 164 Å². The molecule has 44 heavy (non-hydrogen) atoms. The summed E-state index contributed by atoms with van der Waals surface area (Å²) in [6.45, 7) is 0. The number of hydrogen-bond donors (Lipinski definition) is 0. The van der Waals surface area contributed by atoms with Crippen molar-refractivity contribution >= 4 is 80.9 Å². The molecule has 0 unspecified atom stereocenters. The van der Waals surface area contributed by atoms with Crippen LogP contribution in [0.5, 0.6) is 0 Å². The second kappa shape index (κ2) is 10.1. The fourth-order valence-electron chi connectivity index (χ4n) is 6.77. The summed E-state index contributed by atoms with van der Waals surface area (Å²) in [7, 11) is 0. The van der Waals surface area contributed by atoms with Gasteiger partial charge in [-0.3, -0.25) is 0 Å². The average molecular weight is 578 g/mol. The second-order valence-electron chi connectivity index (χ2n) is 11.4. The number of anilines is 3. The van der Waals surface area contributed by atoms with Gasteiger partial charge < -0.3 is 4.90 Å². The lowest BCUT2D eigenvalue weighted by atomic mass is 9.96. The van der Waals surface area contributed by atoms with E-state index in [0.717, 1.165) is 11.4 Å². The average Bonchev–Trinajstić information content (AvgIpc) is 3.48. The summed E-state index contributed by atoms with van der Waals surface area (Å²) in [5.74, 6) is 0. The SMILES string of the molecule is c1ccc(-c2ccc(N(c3ccc4c(ccc5ccc6ccccc6c54)c3)c3cccc4sc5ccccc5c34)cc2)cc1. The predicted octanol–water partition coefficient (Wildman–Crippen LogP) is 12.7. The fraction of sp³-hybridized carbons (Fsp3) is 0. The van der Waals surface area contributed by atoms with Gasteiger partial charge in [-0.1, -0.05) is 121 Å². The number of nitrogens with zero attached hydrogens (tertiary/aromatic N) is 1. The zero-order valence-electron chi connectivity index (χ0n) is 23.9. The number of rotatable bonds is 4. The maximum atomic E-state index is 2.43. The Hall–Kier alpha value is -5.44. The summed E-state index contributed by atoms with van der Waals surface area (Å²) in [6.07, 6.45) is 0. The minimum absolute atomic E-state index is 1.14. The Labute approximate surface area is 259 Å². The van der Waals surface area contributed by atoms with Crippen molar-refractivity contribution in [2.24, 2.45) is 0 Å². The van der Waals surface area contributed by atoms with E-state index in [9.17, 15) is 0 Å². The maximum absolute atomic E-state index is 2.43. The lowest BCUT2D eigenvalue weighted by molar-refractivity contribution is 1.31. The highest BCUT2D eigenvalue weighted by molar-refractivity contribution is 7.26. The van der Waals surface area contributed by atoms with Crippen molar-refractivity contribution in [2.45, 2.75) is 0 Å². The number of hydrogen-bond acceptors (Lipinski definition) is 2. The Balaban J connectivity index is 1.29.